The highest BCUT2D eigenvalue weighted by Crippen LogP contribution is 2.33. The summed E-state index contributed by atoms with van der Waals surface area (Å²) in [4.78, 5) is 40.4. The number of carbonyl (C=O) groups excluding carboxylic acids is 1. The van der Waals surface area contributed by atoms with Crippen LogP contribution in [0.4, 0.5) is 28.1 Å². The number of anilines is 4. The van der Waals surface area contributed by atoms with Crippen molar-refractivity contribution < 1.29 is 19.0 Å². The Bertz CT molecular complexity index is 2960. The third-order valence-electron chi connectivity index (χ3n) is 10.9. The van der Waals surface area contributed by atoms with Gasteiger partial charge in [0.15, 0.2) is 0 Å². The fourth-order valence-electron chi connectivity index (χ4n) is 7.70. The van der Waals surface area contributed by atoms with Crippen molar-refractivity contribution in [2.75, 3.05) is 36.8 Å². The van der Waals surface area contributed by atoms with Crippen LogP contribution in [0.5, 0.6) is 11.5 Å². The quantitative estimate of drug-likeness (QED) is 0.105. The van der Waals surface area contributed by atoms with Crippen LogP contribution in [0.3, 0.4) is 0 Å². The minimum Gasteiger partial charge on any atom is -0.489 e. The number of likely N-dealkylation sites (tertiary alicyclic amines) is 1. The third kappa shape index (κ3) is 12.4. The van der Waals surface area contributed by atoms with E-state index in [2.05, 4.69) is 87.1 Å². The van der Waals surface area contributed by atoms with E-state index in [0.717, 1.165) is 86.0 Å². The van der Waals surface area contributed by atoms with Gasteiger partial charge in [-0.25, -0.2) is 44.1 Å². The van der Waals surface area contributed by atoms with Crippen molar-refractivity contribution in [3.63, 3.8) is 0 Å². The average Bonchev–Trinajstić information content (AvgIpc) is 4.16. The highest BCUT2D eigenvalue weighted by molar-refractivity contribution is 9.10. The smallest absolute Gasteiger partial charge is 0.410 e. The number of amides is 1. The van der Waals surface area contributed by atoms with E-state index in [0.29, 0.717) is 43.8 Å². The number of ether oxygens (including phenoxy) is 3. The zero-order valence-corrected chi connectivity index (χ0v) is 39.2. The summed E-state index contributed by atoms with van der Waals surface area (Å²) >= 11 is 3.60. The fraction of sp³-hybridized carbons (Fsp3) is 0.327. The molecule has 0 aliphatic carbocycles. The van der Waals surface area contributed by atoms with Gasteiger partial charge in [-0.05, 0) is 110 Å². The Morgan fingerprint density at radius 3 is 1.93 bits per heavy atom. The molecule has 4 aromatic heterocycles. The standard InChI is InChI=1S/C26H28BrN7O3.C22H23N7O.CH4/c1-26(2,3)37-25(35)33-8-7-20(14-33)36-23-11-22-18(10-21(23)27)12-29-24(32-22)31-19-6-4-5-17(9-19)13-34-16-28-15-30-34;1-15-7-17-10-25-22(28-20(17)9-21(15)30-19-5-6-23-11-19)27-18-4-2-3-16(8-18)12-29-14-24-13-26-29;/h4-6,9-12,15-16,20H,7-8,13-14H2,1-3H3,(H,29,31,32);2-4,7-10,13-14,19,23H,5-6,11-12H2,1H3,(H,25,27,28);1H4. The Kier molecular flexibility index (Phi) is 14.7. The normalized spacial score (nSPS) is 15.6. The van der Waals surface area contributed by atoms with Crippen molar-refractivity contribution in [2.24, 2.45) is 0 Å². The SMILES string of the molecule is C.CC(C)(C)OC(=O)N1CCC(Oc2cc3nc(Nc4cccc(Cn5cncn5)c4)ncc3cc2Br)C1.Cc1cc2cnc(Nc3cccc(Cn4cncn4)c3)nc2cc1OC1CCNC1. The van der Waals surface area contributed by atoms with Crippen LogP contribution >= 0.6 is 15.9 Å². The lowest BCUT2D eigenvalue weighted by molar-refractivity contribution is 0.0275. The molecular formula is C49H55BrN14O4. The summed E-state index contributed by atoms with van der Waals surface area (Å²) < 4.78 is 22.3. The first-order chi connectivity index (χ1) is 32.4. The molecule has 3 N–H and O–H groups in total. The molecule has 0 spiro atoms. The van der Waals surface area contributed by atoms with Gasteiger partial charge in [-0.1, -0.05) is 31.7 Å². The predicted molar refractivity (Wildman–Crippen MR) is 265 cm³/mol. The maximum absolute atomic E-state index is 12.4. The molecule has 19 heteroatoms. The van der Waals surface area contributed by atoms with Crippen LogP contribution in [0, 0.1) is 6.92 Å². The molecule has 68 heavy (non-hydrogen) atoms. The van der Waals surface area contributed by atoms with Crippen molar-refractivity contribution in [3.05, 3.63) is 132 Å². The number of rotatable bonds is 12. The fourth-order valence-corrected chi connectivity index (χ4v) is 8.16. The highest BCUT2D eigenvalue weighted by atomic mass is 79.9. The topological polar surface area (TPSA) is 197 Å². The molecule has 2 fully saturated rings. The van der Waals surface area contributed by atoms with Gasteiger partial charge >= 0.3 is 6.09 Å². The molecule has 0 saturated carbocycles. The maximum Gasteiger partial charge on any atom is 0.410 e. The Hall–Kier alpha value is -7.25. The minimum absolute atomic E-state index is 0. The number of carbonyl (C=O) groups is 1. The second-order valence-corrected chi connectivity index (χ2v) is 18.3. The van der Waals surface area contributed by atoms with Gasteiger partial charge in [0, 0.05) is 66.2 Å². The number of aryl methyl sites for hydroxylation is 1. The van der Waals surface area contributed by atoms with Crippen molar-refractivity contribution >= 4 is 67.1 Å². The van der Waals surface area contributed by atoms with E-state index in [1.54, 1.807) is 33.1 Å². The molecule has 18 nitrogen and oxygen atoms in total. The number of benzene rings is 4. The molecule has 8 aromatic rings. The Morgan fingerprint density at radius 1 is 0.779 bits per heavy atom. The van der Waals surface area contributed by atoms with Crippen LogP contribution in [0.2, 0.25) is 0 Å². The van der Waals surface area contributed by atoms with Crippen molar-refractivity contribution in [1.29, 1.82) is 0 Å². The average molecular weight is 984 g/mol. The summed E-state index contributed by atoms with van der Waals surface area (Å²) in [5.74, 6) is 2.59. The number of hydrogen-bond acceptors (Lipinski definition) is 15. The lowest BCUT2D eigenvalue weighted by atomic mass is 10.1. The Morgan fingerprint density at radius 2 is 1.37 bits per heavy atom. The second kappa shape index (κ2) is 21.1. The van der Waals surface area contributed by atoms with Crippen LogP contribution in [-0.2, 0) is 17.8 Å². The number of aromatic nitrogens is 10. The largest absolute Gasteiger partial charge is 0.489 e. The number of fused-ring (bicyclic) bond motifs is 2. The van der Waals surface area contributed by atoms with Gasteiger partial charge in [0.2, 0.25) is 11.9 Å². The summed E-state index contributed by atoms with van der Waals surface area (Å²) in [5.41, 5.74) is 6.16. The highest BCUT2D eigenvalue weighted by Gasteiger charge is 2.31. The summed E-state index contributed by atoms with van der Waals surface area (Å²) in [6, 6.07) is 24.0. The van der Waals surface area contributed by atoms with Crippen LogP contribution < -0.4 is 25.4 Å². The van der Waals surface area contributed by atoms with Gasteiger partial charge in [0.05, 0.1) is 35.1 Å². The summed E-state index contributed by atoms with van der Waals surface area (Å²) in [7, 11) is 0. The van der Waals surface area contributed by atoms with E-state index in [4.69, 9.17) is 24.2 Å². The van der Waals surface area contributed by atoms with Crippen LogP contribution in [-0.4, -0.2) is 104 Å². The zero-order chi connectivity index (χ0) is 46.3. The summed E-state index contributed by atoms with van der Waals surface area (Å²) in [5, 5.41) is 20.1. The lowest BCUT2D eigenvalue weighted by Gasteiger charge is -2.24. The lowest BCUT2D eigenvalue weighted by Crippen LogP contribution is -2.36. The molecule has 2 unspecified atom stereocenters. The van der Waals surface area contributed by atoms with Gasteiger partial charge in [-0.3, -0.25) is 0 Å². The molecule has 2 saturated heterocycles. The molecule has 352 valence electrons. The number of hydrogen-bond donors (Lipinski definition) is 3. The molecular weight excluding hydrogens is 929 g/mol. The van der Waals surface area contributed by atoms with Gasteiger partial charge in [-0.15, -0.1) is 0 Å². The maximum atomic E-state index is 12.4. The molecule has 0 radical (unpaired) electrons. The molecule has 2 aliphatic rings. The van der Waals surface area contributed by atoms with Crippen molar-refractivity contribution in [2.45, 2.75) is 78.9 Å². The Labute approximate surface area is 403 Å². The van der Waals surface area contributed by atoms with Gasteiger partial charge in [0.25, 0.3) is 0 Å². The molecule has 6 heterocycles. The first kappa shape index (κ1) is 47.3. The third-order valence-corrected chi connectivity index (χ3v) is 11.5. The summed E-state index contributed by atoms with van der Waals surface area (Å²) in [6.45, 7) is 11.9. The molecule has 10 rings (SSSR count). The number of halogens is 1. The number of nitrogens with one attached hydrogen (secondary N) is 3. The van der Waals surface area contributed by atoms with Crippen molar-refractivity contribution in [3.8, 4) is 11.5 Å². The molecule has 2 aliphatic heterocycles. The zero-order valence-electron chi connectivity index (χ0n) is 37.6. The van der Waals surface area contributed by atoms with E-state index in [-0.39, 0.29) is 25.7 Å². The van der Waals surface area contributed by atoms with E-state index in [1.165, 1.54) is 12.7 Å². The first-order valence-electron chi connectivity index (χ1n) is 22.1. The van der Waals surface area contributed by atoms with E-state index in [9.17, 15) is 4.79 Å². The minimum atomic E-state index is -0.526. The van der Waals surface area contributed by atoms with Crippen LogP contribution in [0.25, 0.3) is 21.8 Å². The molecule has 1 amide bonds. The monoisotopic (exact) mass is 982 g/mol. The molecule has 4 aromatic carbocycles. The van der Waals surface area contributed by atoms with E-state index >= 15 is 0 Å². The van der Waals surface area contributed by atoms with Crippen LogP contribution in [0.15, 0.2) is 115 Å². The Balaban J connectivity index is 0.000000185. The van der Waals surface area contributed by atoms with Crippen molar-refractivity contribution in [1.82, 2.24) is 59.7 Å². The van der Waals surface area contributed by atoms with Gasteiger partial charge < -0.3 is 35.1 Å². The molecule has 0 bridgehead atoms. The number of nitrogens with zero attached hydrogens (tertiary/aromatic N) is 11. The van der Waals surface area contributed by atoms with E-state index in [1.807, 2.05) is 81.6 Å². The second-order valence-electron chi connectivity index (χ2n) is 17.4. The predicted octanol–water partition coefficient (Wildman–Crippen LogP) is 8.86. The van der Waals surface area contributed by atoms with Gasteiger partial charge in [0.1, 0.15) is 54.6 Å². The molecule has 2 atom stereocenters. The summed E-state index contributed by atoms with van der Waals surface area (Å²) in [6.07, 6.45) is 11.6. The first-order valence-corrected chi connectivity index (χ1v) is 22.9. The van der Waals surface area contributed by atoms with E-state index < -0.39 is 5.60 Å². The van der Waals surface area contributed by atoms with Crippen LogP contribution in [0.1, 0.15) is 57.7 Å². The van der Waals surface area contributed by atoms with Gasteiger partial charge in [-0.2, -0.15) is 10.2 Å².